The van der Waals surface area contributed by atoms with Gasteiger partial charge in [0.15, 0.2) is 0 Å². The zero-order valence-electron chi connectivity index (χ0n) is 10.5. The minimum absolute atomic E-state index is 0.0468. The van der Waals surface area contributed by atoms with E-state index in [1.807, 2.05) is 6.92 Å². The molecule has 1 aliphatic rings. The number of hydrogen-bond acceptors (Lipinski definition) is 5. The Hall–Kier alpha value is -1.47. The molecule has 1 saturated heterocycles. The summed E-state index contributed by atoms with van der Waals surface area (Å²) in [7, 11) is 0. The van der Waals surface area contributed by atoms with Crippen LogP contribution in [0.1, 0.15) is 19.0 Å². The van der Waals surface area contributed by atoms with E-state index in [1.165, 1.54) is 4.68 Å². The van der Waals surface area contributed by atoms with E-state index in [4.69, 9.17) is 5.73 Å². The molecule has 7 heteroatoms. The highest BCUT2D eigenvalue weighted by Gasteiger charge is 2.27. The number of piperidine rings is 1. The summed E-state index contributed by atoms with van der Waals surface area (Å²) in [6.45, 7) is 3.55. The quantitative estimate of drug-likeness (QED) is 0.717. The number of rotatable bonds is 3. The molecule has 1 fully saturated rings. The second kappa shape index (κ2) is 5.45. The Morgan fingerprint density at radius 1 is 1.67 bits per heavy atom. The number of aromatic nitrogens is 3. The van der Waals surface area contributed by atoms with E-state index >= 15 is 0 Å². The van der Waals surface area contributed by atoms with Crippen LogP contribution in [0.3, 0.4) is 0 Å². The van der Waals surface area contributed by atoms with E-state index < -0.39 is 6.10 Å². The third-order valence-corrected chi connectivity index (χ3v) is 3.36. The van der Waals surface area contributed by atoms with E-state index in [0.29, 0.717) is 25.3 Å². The number of hydrogen-bond donors (Lipinski definition) is 2. The standard InChI is InChI=1S/C11H19N5O2/c1-8-2-3-15(6-10(8)17)11(18)7-16-5-9(4-12)13-14-16/h5,8,10,17H,2-4,6-7,12H2,1H3. The number of aliphatic hydroxyl groups excluding tert-OH is 1. The molecule has 2 unspecified atom stereocenters. The lowest BCUT2D eigenvalue weighted by Gasteiger charge is -2.34. The van der Waals surface area contributed by atoms with Crippen LogP contribution in [-0.4, -0.2) is 50.1 Å². The van der Waals surface area contributed by atoms with Crippen LogP contribution in [-0.2, 0) is 17.9 Å². The minimum atomic E-state index is -0.432. The largest absolute Gasteiger partial charge is 0.391 e. The first-order valence-corrected chi connectivity index (χ1v) is 6.15. The first-order chi connectivity index (χ1) is 8.60. The molecule has 0 saturated carbocycles. The van der Waals surface area contributed by atoms with Gasteiger partial charge in [-0.25, -0.2) is 4.68 Å². The summed E-state index contributed by atoms with van der Waals surface area (Å²) in [4.78, 5) is 13.7. The van der Waals surface area contributed by atoms with Gasteiger partial charge in [-0.1, -0.05) is 12.1 Å². The van der Waals surface area contributed by atoms with Crippen molar-refractivity contribution in [3.05, 3.63) is 11.9 Å². The molecule has 7 nitrogen and oxygen atoms in total. The average Bonchev–Trinajstić information content (AvgIpc) is 2.80. The van der Waals surface area contributed by atoms with Gasteiger partial charge < -0.3 is 15.7 Å². The van der Waals surface area contributed by atoms with Crippen molar-refractivity contribution in [1.29, 1.82) is 0 Å². The van der Waals surface area contributed by atoms with E-state index in [1.54, 1.807) is 11.1 Å². The molecule has 1 amide bonds. The number of β-amino-alcohol motifs (C(OH)–C–C–N with tert-alkyl or cyclic N) is 1. The van der Waals surface area contributed by atoms with Gasteiger partial charge in [0.05, 0.1) is 18.0 Å². The average molecular weight is 253 g/mol. The van der Waals surface area contributed by atoms with Crippen molar-refractivity contribution in [2.45, 2.75) is 32.5 Å². The van der Waals surface area contributed by atoms with E-state index in [0.717, 1.165) is 6.42 Å². The Morgan fingerprint density at radius 2 is 2.44 bits per heavy atom. The summed E-state index contributed by atoms with van der Waals surface area (Å²) in [5.74, 6) is 0.207. The maximum Gasteiger partial charge on any atom is 0.244 e. The number of carbonyl (C=O) groups is 1. The summed E-state index contributed by atoms with van der Waals surface area (Å²) in [5.41, 5.74) is 6.09. The normalized spacial score (nSPS) is 24.3. The fourth-order valence-electron chi connectivity index (χ4n) is 2.02. The number of aliphatic hydroxyl groups is 1. The zero-order valence-corrected chi connectivity index (χ0v) is 10.5. The Morgan fingerprint density at radius 3 is 3.06 bits per heavy atom. The van der Waals surface area contributed by atoms with Crippen molar-refractivity contribution in [3.63, 3.8) is 0 Å². The molecule has 0 radical (unpaired) electrons. The first kappa shape index (κ1) is 13.0. The molecular formula is C11H19N5O2. The number of likely N-dealkylation sites (tertiary alicyclic amines) is 1. The SMILES string of the molecule is CC1CCN(C(=O)Cn2cc(CN)nn2)CC1O. The molecule has 18 heavy (non-hydrogen) atoms. The monoisotopic (exact) mass is 253 g/mol. The predicted octanol–water partition coefficient (Wildman–Crippen LogP) is -1.03. The summed E-state index contributed by atoms with van der Waals surface area (Å²) >= 11 is 0. The van der Waals surface area contributed by atoms with Crippen molar-refractivity contribution >= 4 is 5.91 Å². The van der Waals surface area contributed by atoms with E-state index in [-0.39, 0.29) is 18.4 Å². The molecule has 2 atom stereocenters. The fraction of sp³-hybridized carbons (Fsp3) is 0.727. The van der Waals surface area contributed by atoms with Crippen molar-refractivity contribution in [2.75, 3.05) is 13.1 Å². The molecule has 100 valence electrons. The van der Waals surface area contributed by atoms with Crippen molar-refractivity contribution in [2.24, 2.45) is 11.7 Å². The Balaban J connectivity index is 1.91. The maximum atomic E-state index is 12.0. The number of nitrogens with zero attached hydrogens (tertiary/aromatic N) is 4. The number of nitrogens with two attached hydrogens (primary N) is 1. The van der Waals surface area contributed by atoms with Crippen LogP contribution in [0.2, 0.25) is 0 Å². The third-order valence-electron chi connectivity index (χ3n) is 3.36. The van der Waals surface area contributed by atoms with Crippen LogP contribution in [0.15, 0.2) is 6.20 Å². The van der Waals surface area contributed by atoms with Crippen LogP contribution >= 0.6 is 0 Å². The molecule has 1 aromatic rings. The van der Waals surface area contributed by atoms with Gasteiger partial charge in [-0.15, -0.1) is 5.10 Å². The molecule has 3 N–H and O–H groups in total. The van der Waals surface area contributed by atoms with Gasteiger partial charge in [-0.3, -0.25) is 4.79 Å². The Labute approximate surface area is 106 Å². The minimum Gasteiger partial charge on any atom is -0.391 e. The van der Waals surface area contributed by atoms with Crippen LogP contribution in [0.25, 0.3) is 0 Å². The Kier molecular flexibility index (Phi) is 3.93. The van der Waals surface area contributed by atoms with Gasteiger partial charge >= 0.3 is 0 Å². The lowest BCUT2D eigenvalue weighted by atomic mass is 9.96. The molecular weight excluding hydrogens is 234 g/mol. The van der Waals surface area contributed by atoms with Gasteiger partial charge in [-0.2, -0.15) is 0 Å². The predicted molar refractivity (Wildman–Crippen MR) is 64.3 cm³/mol. The molecule has 2 heterocycles. The van der Waals surface area contributed by atoms with Crippen LogP contribution in [0, 0.1) is 5.92 Å². The van der Waals surface area contributed by atoms with Gasteiger partial charge in [0.1, 0.15) is 6.54 Å². The maximum absolute atomic E-state index is 12.0. The summed E-state index contributed by atoms with van der Waals surface area (Å²) < 4.78 is 1.48. The lowest BCUT2D eigenvalue weighted by Crippen LogP contribution is -2.46. The van der Waals surface area contributed by atoms with Gasteiger partial charge in [0, 0.05) is 19.6 Å². The lowest BCUT2D eigenvalue weighted by molar-refractivity contribution is -0.136. The third kappa shape index (κ3) is 2.85. The number of amides is 1. The van der Waals surface area contributed by atoms with Crippen molar-refractivity contribution < 1.29 is 9.90 Å². The number of carbonyl (C=O) groups excluding carboxylic acids is 1. The second-order valence-electron chi connectivity index (χ2n) is 4.78. The Bertz CT molecular complexity index is 419. The topological polar surface area (TPSA) is 97.3 Å². The zero-order chi connectivity index (χ0) is 13.1. The molecule has 1 aliphatic heterocycles. The molecule has 0 spiro atoms. The van der Waals surface area contributed by atoms with Crippen molar-refractivity contribution in [3.8, 4) is 0 Å². The van der Waals surface area contributed by atoms with E-state index in [2.05, 4.69) is 10.3 Å². The summed E-state index contributed by atoms with van der Waals surface area (Å²) in [5, 5.41) is 17.4. The molecule has 0 aromatic carbocycles. The highest BCUT2D eigenvalue weighted by atomic mass is 16.3. The molecule has 1 aromatic heterocycles. The first-order valence-electron chi connectivity index (χ1n) is 6.15. The smallest absolute Gasteiger partial charge is 0.244 e. The van der Waals surface area contributed by atoms with Crippen molar-refractivity contribution in [1.82, 2.24) is 19.9 Å². The summed E-state index contributed by atoms with van der Waals surface area (Å²) in [6, 6.07) is 0. The van der Waals surface area contributed by atoms with Crippen LogP contribution in [0.5, 0.6) is 0 Å². The molecule has 0 aliphatic carbocycles. The van der Waals surface area contributed by atoms with Gasteiger partial charge in [-0.05, 0) is 12.3 Å². The second-order valence-corrected chi connectivity index (χ2v) is 4.78. The fourth-order valence-corrected chi connectivity index (χ4v) is 2.02. The molecule has 0 bridgehead atoms. The highest BCUT2D eigenvalue weighted by molar-refractivity contribution is 5.76. The van der Waals surface area contributed by atoms with Crippen LogP contribution in [0.4, 0.5) is 0 Å². The molecule has 2 rings (SSSR count). The van der Waals surface area contributed by atoms with Crippen LogP contribution < -0.4 is 5.73 Å². The van der Waals surface area contributed by atoms with E-state index in [9.17, 15) is 9.90 Å². The van der Waals surface area contributed by atoms with Gasteiger partial charge in [0.2, 0.25) is 5.91 Å². The highest BCUT2D eigenvalue weighted by Crippen LogP contribution is 2.17. The van der Waals surface area contributed by atoms with Gasteiger partial charge in [0.25, 0.3) is 0 Å². The summed E-state index contributed by atoms with van der Waals surface area (Å²) in [6.07, 6.45) is 2.07.